The summed E-state index contributed by atoms with van der Waals surface area (Å²) < 4.78 is 5.55. The Bertz CT molecular complexity index is 1180. The Hall–Kier alpha value is -2.92. The zero-order valence-corrected chi connectivity index (χ0v) is 17.8. The molecule has 1 N–H and O–H groups in total. The number of carbonyl (C=O) groups is 1. The summed E-state index contributed by atoms with van der Waals surface area (Å²) in [7, 11) is 0. The number of aromatic amines is 1. The Morgan fingerprint density at radius 3 is 2.73 bits per heavy atom. The van der Waals surface area contributed by atoms with Crippen LogP contribution in [0.25, 0.3) is 17.1 Å². The van der Waals surface area contributed by atoms with Gasteiger partial charge in [-0.2, -0.15) is 0 Å². The van der Waals surface area contributed by atoms with Crippen LogP contribution in [-0.2, 0) is 16.6 Å². The molecule has 1 aliphatic heterocycles. The van der Waals surface area contributed by atoms with E-state index < -0.39 is 0 Å². The number of morpholine rings is 1. The highest BCUT2D eigenvalue weighted by Crippen LogP contribution is 2.45. The molecule has 0 bridgehead atoms. The predicted molar refractivity (Wildman–Crippen MR) is 121 cm³/mol. The van der Waals surface area contributed by atoms with Gasteiger partial charge in [-0.15, -0.1) is 0 Å². The van der Waals surface area contributed by atoms with Crippen LogP contribution < -0.4 is 4.90 Å². The standard InChI is InChI=1S/C25H27N3O2/c1-5-15-13-18-19(14-20(15)28-9-11-30-12-10-28)25(3,4)23-21(22(18)29)17-8-7-16(6-2)26-24(17)27-23/h6-8,13-14H,2,5,9-12H2,1,3-4H3,(H,26,27). The first kappa shape index (κ1) is 19.1. The van der Waals surface area contributed by atoms with Crippen LogP contribution in [0, 0.1) is 0 Å². The first-order chi connectivity index (χ1) is 14.5. The van der Waals surface area contributed by atoms with Crippen molar-refractivity contribution in [2.24, 2.45) is 0 Å². The number of anilines is 1. The monoisotopic (exact) mass is 401 g/mol. The lowest BCUT2D eigenvalue weighted by Gasteiger charge is -2.36. The van der Waals surface area contributed by atoms with Crippen molar-refractivity contribution in [3.05, 3.63) is 64.5 Å². The first-order valence-corrected chi connectivity index (χ1v) is 10.7. The van der Waals surface area contributed by atoms with E-state index >= 15 is 0 Å². The number of aromatic nitrogens is 2. The topological polar surface area (TPSA) is 58.2 Å². The summed E-state index contributed by atoms with van der Waals surface area (Å²) in [5.41, 5.74) is 7.25. The summed E-state index contributed by atoms with van der Waals surface area (Å²) in [6.45, 7) is 13.6. The maximum atomic E-state index is 13.7. The van der Waals surface area contributed by atoms with Crippen LogP contribution >= 0.6 is 0 Å². The van der Waals surface area contributed by atoms with E-state index in [1.54, 1.807) is 6.08 Å². The van der Waals surface area contributed by atoms with Crippen molar-refractivity contribution >= 4 is 28.6 Å². The molecule has 2 aliphatic rings. The number of H-pyrrole nitrogens is 1. The number of fused-ring (bicyclic) bond motifs is 4. The first-order valence-electron chi connectivity index (χ1n) is 10.7. The number of pyridine rings is 1. The molecule has 1 fully saturated rings. The molecule has 1 saturated heterocycles. The molecule has 1 aromatic carbocycles. The molecule has 154 valence electrons. The van der Waals surface area contributed by atoms with Gasteiger partial charge in [-0.25, -0.2) is 4.98 Å². The van der Waals surface area contributed by atoms with Gasteiger partial charge in [0, 0.05) is 40.8 Å². The normalized spacial score (nSPS) is 17.7. The summed E-state index contributed by atoms with van der Waals surface area (Å²) in [5.74, 6) is 0.0851. The zero-order valence-electron chi connectivity index (χ0n) is 17.8. The van der Waals surface area contributed by atoms with Crippen LogP contribution in [0.1, 0.15) is 59.2 Å². The number of ether oxygens (including phenoxy) is 1. The molecule has 2 aromatic heterocycles. The molecule has 30 heavy (non-hydrogen) atoms. The van der Waals surface area contributed by atoms with Gasteiger partial charge in [0.05, 0.1) is 24.5 Å². The van der Waals surface area contributed by atoms with E-state index in [4.69, 9.17) is 4.74 Å². The maximum absolute atomic E-state index is 13.7. The average molecular weight is 402 g/mol. The molecule has 3 aromatic rings. The van der Waals surface area contributed by atoms with Gasteiger partial charge in [0.2, 0.25) is 0 Å². The summed E-state index contributed by atoms with van der Waals surface area (Å²) >= 11 is 0. The maximum Gasteiger partial charge on any atom is 0.195 e. The Morgan fingerprint density at radius 2 is 2.03 bits per heavy atom. The minimum atomic E-state index is -0.332. The fourth-order valence-corrected chi connectivity index (χ4v) is 4.89. The number of ketones is 1. The number of hydrogen-bond donors (Lipinski definition) is 1. The summed E-state index contributed by atoms with van der Waals surface area (Å²) in [6.07, 6.45) is 2.61. The van der Waals surface area contributed by atoms with Crippen LogP contribution in [0.5, 0.6) is 0 Å². The lowest BCUT2D eigenvalue weighted by atomic mass is 9.70. The Labute approximate surface area is 176 Å². The third-order valence-electron chi connectivity index (χ3n) is 6.61. The second kappa shape index (κ2) is 6.81. The van der Waals surface area contributed by atoms with Crippen LogP contribution in [-0.4, -0.2) is 42.1 Å². The second-order valence-electron chi connectivity index (χ2n) is 8.65. The number of carbonyl (C=O) groups excluding carboxylic acids is 1. The molecule has 0 saturated carbocycles. The SMILES string of the molecule is C=Cc1ccc2c3c([nH]c2n1)C(C)(C)c1cc(N2CCOCC2)c(CC)cc1C3=O. The second-order valence-corrected chi connectivity index (χ2v) is 8.65. The summed E-state index contributed by atoms with van der Waals surface area (Å²) in [4.78, 5) is 24.2. The van der Waals surface area contributed by atoms with Crippen molar-refractivity contribution in [3.63, 3.8) is 0 Å². The van der Waals surface area contributed by atoms with Gasteiger partial charge in [0.25, 0.3) is 0 Å². The highest BCUT2D eigenvalue weighted by atomic mass is 16.5. The molecule has 5 nitrogen and oxygen atoms in total. The third-order valence-corrected chi connectivity index (χ3v) is 6.61. The summed E-state index contributed by atoms with van der Waals surface area (Å²) in [6, 6.07) is 8.26. The fraction of sp³-hybridized carbons (Fsp3) is 0.360. The fourth-order valence-electron chi connectivity index (χ4n) is 4.89. The van der Waals surface area contributed by atoms with Gasteiger partial charge in [-0.3, -0.25) is 4.79 Å². The van der Waals surface area contributed by atoms with Gasteiger partial charge in [0.15, 0.2) is 5.78 Å². The smallest absolute Gasteiger partial charge is 0.195 e. The van der Waals surface area contributed by atoms with Gasteiger partial charge in [-0.05, 0) is 47.9 Å². The van der Waals surface area contributed by atoms with Crippen molar-refractivity contribution in [1.82, 2.24) is 9.97 Å². The predicted octanol–water partition coefficient (Wildman–Crippen LogP) is 4.48. The molecule has 1 aliphatic carbocycles. The Morgan fingerprint density at radius 1 is 1.27 bits per heavy atom. The van der Waals surface area contributed by atoms with Gasteiger partial charge in [0.1, 0.15) is 5.65 Å². The number of rotatable bonds is 3. The third kappa shape index (κ3) is 2.65. The van der Waals surface area contributed by atoms with Crippen molar-refractivity contribution < 1.29 is 9.53 Å². The highest BCUT2D eigenvalue weighted by Gasteiger charge is 2.40. The molecule has 0 radical (unpaired) electrons. The minimum Gasteiger partial charge on any atom is -0.378 e. The van der Waals surface area contributed by atoms with E-state index in [1.807, 2.05) is 12.1 Å². The molecular weight excluding hydrogens is 374 g/mol. The molecule has 3 heterocycles. The quantitative estimate of drug-likeness (QED) is 0.703. The molecule has 0 atom stereocenters. The van der Waals surface area contributed by atoms with Crippen molar-refractivity contribution in [1.29, 1.82) is 0 Å². The van der Waals surface area contributed by atoms with E-state index in [2.05, 4.69) is 54.4 Å². The van der Waals surface area contributed by atoms with Gasteiger partial charge >= 0.3 is 0 Å². The Balaban J connectivity index is 1.73. The Kier molecular flexibility index (Phi) is 4.33. The summed E-state index contributed by atoms with van der Waals surface area (Å²) in [5, 5.41) is 0.884. The number of nitrogens with zero attached hydrogens (tertiary/aromatic N) is 2. The van der Waals surface area contributed by atoms with E-state index in [-0.39, 0.29) is 11.2 Å². The molecule has 5 rings (SSSR count). The van der Waals surface area contributed by atoms with E-state index in [9.17, 15) is 4.79 Å². The van der Waals surface area contributed by atoms with E-state index in [1.165, 1.54) is 11.3 Å². The van der Waals surface area contributed by atoms with Crippen molar-refractivity contribution in [2.75, 3.05) is 31.2 Å². The molecule has 0 spiro atoms. The van der Waals surface area contributed by atoms with E-state index in [0.717, 1.165) is 71.8 Å². The van der Waals surface area contributed by atoms with Crippen LogP contribution in [0.15, 0.2) is 30.8 Å². The number of aryl methyl sites for hydroxylation is 1. The average Bonchev–Trinajstić information content (AvgIpc) is 3.17. The van der Waals surface area contributed by atoms with Crippen LogP contribution in [0.2, 0.25) is 0 Å². The highest BCUT2D eigenvalue weighted by molar-refractivity contribution is 6.20. The molecule has 0 unspecified atom stereocenters. The lowest BCUT2D eigenvalue weighted by Crippen LogP contribution is -2.38. The minimum absolute atomic E-state index is 0.0851. The van der Waals surface area contributed by atoms with Crippen molar-refractivity contribution in [3.8, 4) is 0 Å². The lowest BCUT2D eigenvalue weighted by molar-refractivity contribution is 0.103. The largest absolute Gasteiger partial charge is 0.378 e. The van der Waals surface area contributed by atoms with Gasteiger partial charge < -0.3 is 14.6 Å². The van der Waals surface area contributed by atoms with Crippen LogP contribution in [0.3, 0.4) is 0 Å². The molecule has 0 amide bonds. The van der Waals surface area contributed by atoms with Crippen LogP contribution in [0.4, 0.5) is 5.69 Å². The zero-order chi connectivity index (χ0) is 21.0. The molecule has 5 heteroatoms. The van der Waals surface area contributed by atoms with Gasteiger partial charge in [-0.1, -0.05) is 27.4 Å². The number of hydrogen-bond acceptors (Lipinski definition) is 4. The number of nitrogens with one attached hydrogen (secondary N) is 1. The number of benzene rings is 1. The van der Waals surface area contributed by atoms with Crippen molar-refractivity contribution in [2.45, 2.75) is 32.6 Å². The molecular formula is C25H27N3O2. The van der Waals surface area contributed by atoms with E-state index in [0.29, 0.717) is 0 Å².